The maximum absolute atomic E-state index is 12.1. The van der Waals surface area contributed by atoms with Gasteiger partial charge in [-0.3, -0.25) is 14.9 Å². The quantitative estimate of drug-likeness (QED) is 0.773. The van der Waals surface area contributed by atoms with Gasteiger partial charge in [-0.15, -0.1) is 5.10 Å². The number of nitrogens with one attached hydrogen (secondary N) is 2. The molecule has 106 valence electrons. The summed E-state index contributed by atoms with van der Waals surface area (Å²) >= 11 is 0. The lowest BCUT2D eigenvalue weighted by Gasteiger charge is -2.03. The first-order chi connectivity index (χ1) is 10.1. The van der Waals surface area contributed by atoms with E-state index >= 15 is 0 Å². The molecular weight excluding hydrogens is 266 g/mol. The zero-order valence-electron chi connectivity index (χ0n) is 11.8. The zero-order chi connectivity index (χ0) is 14.8. The summed E-state index contributed by atoms with van der Waals surface area (Å²) < 4.78 is 0. The van der Waals surface area contributed by atoms with Crippen LogP contribution in [-0.2, 0) is 0 Å². The molecule has 2 N–H and O–H groups in total. The van der Waals surface area contributed by atoms with Gasteiger partial charge in [0.05, 0.1) is 17.4 Å². The van der Waals surface area contributed by atoms with Crippen molar-refractivity contribution >= 4 is 22.5 Å². The van der Waals surface area contributed by atoms with Gasteiger partial charge >= 0.3 is 0 Å². The van der Waals surface area contributed by atoms with Crippen LogP contribution < -0.4 is 5.32 Å². The van der Waals surface area contributed by atoms with Crippen molar-refractivity contribution in [2.45, 2.75) is 19.8 Å². The fraction of sp³-hybridized carbons (Fsp3) is 0.200. The lowest BCUT2D eigenvalue weighted by molar-refractivity contribution is 0.101. The van der Waals surface area contributed by atoms with Crippen LogP contribution >= 0.6 is 0 Å². The van der Waals surface area contributed by atoms with Crippen LogP contribution in [0, 0.1) is 0 Å². The SMILES string of the molecule is CC(C)c1nc(C(=O)Nc2cnc3ccccc3c2)n[nH]1. The number of H-pyrrole nitrogens is 1. The van der Waals surface area contributed by atoms with Gasteiger partial charge in [0.2, 0.25) is 5.82 Å². The minimum Gasteiger partial charge on any atom is -0.318 e. The van der Waals surface area contributed by atoms with Crippen molar-refractivity contribution in [1.29, 1.82) is 0 Å². The van der Waals surface area contributed by atoms with Gasteiger partial charge in [-0.05, 0) is 12.1 Å². The largest absolute Gasteiger partial charge is 0.318 e. The number of nitrogens with zero attached hydrogens (tertiary/aromatic N) is 3. The monoisotopic (exact) mass is 281 g/mol. The van der Waals surface area contributed by atoms with Crippen LogP contribution in [-0.4, -0.2) is 26.1 Å². The Labute approximate surface area is 121 Å². The third kappa shape index (κ3) is 2.74. The normalized spacial score (nSPS) is 11.0. The highest BCUT2D eigenvalue weighted by molar-refractivity contribution is 6.02. The molecule has 2 heterocycles. The van der Waals surface area contributed by atoms with E-state index < -0.39 is 0 Å². The summed E-state index contributed by atoms with van der Waals surface area (Å²) in [6.07, 6.45) is 1.62. The van der Waals surface area contributed by atoms with Crippen molar-refractivity contribution in [3.05, 3.63) is 48.2 Å². The van der Waals surface area contributed by atoms with E-state index in [4.69, 9.17) is 0 Å². The highest BCUT2D eigenvalue weighted by Gasteiger charge is 2.14. The molecule has 0 saturated heterocycles. The molecule has 0 spiro atoms. The molecule has 6 nitrogen and oxygen atoms in total. The van der Waals surface area contributed by atoms with Gasteiger partial charge in [-0.25, -0.2) is 4.98 Å². The Bertz CT molecular complexity index is 793. The van der Waals surface area contributed by atoms with E-state index in [2.05, 4.69) is 25.5 Å². The number of carbonyl (C=O) groups is 1. The first kappa shape index (κ1) is 13.2. The Balaban J connectivity index is 1.81. The summed E-state index contributed by atoms with van der Waals surface area (Å²) in [5.41, 5.74) is 1.50. The topological polar surface area (TPSA) is 83.6 Å². The smallest absolute Gasteiger partial charge is 0.295 e. The fourth-order valence-corrected chi connectivity index (χ4v) is 1.96. The van der Waals surface area contributed by atoms with Crippen LogP contribution in [0.4, 0.5) is 5.69 Å². The molecular formula is C15H15N5O. The molecule has 1 aromatic carbocycles. The van der Waals surface area contributed by atoms with E-state index in [0.717, 1.165) is 10.9 Å². The van der Waals surface area contributed by atoms with Crippen molar-refractivity contribution < 1.29 is 4.79 Å². The number of hydrogen-bond donors (Lipinski definition) is 2. The van der Waals surface area contributed by atoms with Gasteiger partial charge in [0.15, 0.2) is 0 Å². The Morgan fingerprint density at radius 2 is 2.10 bits per heavy atom. The van der Waals surface area contributed by atoms with Crippen molar-refractivity contribution in [2.75, 3.05) is 5.32 Å². The van der Waals surface area contributed by atoms with Gasteiger partial charge in [-0.1, -0.05) is 32.0 Å². The van der Waals surface area contributed by atoms with Crippen molar-refractivity contribution in [1.82, 2.24) is 20.2 Å². The van der Waals surface area contributed by atoms with Crippen molar-refractivity contribution in [2.24, 2.45) is 0 Å². The number of aromatic nitrogens is 4. The minimum absolute atomic E-state index is 0.131. The first-order valence-corrected chi connectivity index (χ1v) is 6.72. The summed E-state index contributed by atoms with van der Waals surface area (Å²) in [5.74, 6) is 0.667. The molecule has 21 heavy (non-hydrogen) atoms. The summed E-state index contributed by atoms with van der Waals surface area (Å²) in [4.78, 5) is 20.6. The molecule has 0 radical (unpaired) electrons. The second-order valence-electron chi connectivity index (χ2n) is 5.07. The second-order valence-corrected chi connectivity index (χ2v) is 5.07. The van der Waals surface area contributed by atoms with Gasteiger partial charge < -0.3 is 5.32 Å². The van der Waals surface area contributed by atoms with Crippen LogP contribution in [0.15, 0.2) is 36.5 Å². The average Bonchev–Trinajstić information content (AvgIpc) is 2.97. The summed E-state index contributed by atoms with van der Waals surface area (Å²) in [7, 11) is 0. The molecule has 3 aromatic rings. The van der Waals surface area contributed by atoms with E-state index in [-0.39, 0.29) is 17.6 Å². The number of aromatic amines is 1. The molecule has 3 rings (SSSR count). The standard InChI is InChI=1S/C15H15N5O/c1-9(2)13-18-14(20-19-13)15(21)17-11-7-10-5-3-4-6-12(10)16-8-11/h3-9H,1-2H3,(H,17,21)(H,18,19,20). The van der Waals surface area contributed by atoms with Gasteiger partial charge in [0.25, 0.3) is 5.91 Å². The van der Waals surface area contributed by atoms with Gasteiger partial charge in [-0.2, -0.15) is 0 Å². The van der Waals surface area contributed by atoms with E-state index in [1.807, 2.05) is 44.2 Å². The van der Waals surface area contributed by atoms with E-state index in [9.17, 15) is 4.79 Å². The van der Waals surface area contributed by atoms with Crippen LogP contribution in [0.1, 0.15) is 36.2 Å². The second kappa shape index (κ2) is 5.32. The lowest BCUT2D eigenvalue weighted by atomic mass is 10.2. The molecule has 0 saturated carbocycles. The first-order valence-electron chi connectivity index (χ1n) is 6.72. The molecule has 6 heteroatoms. The number of carbonyl (C=O) groups excluding carboxylic acids is 1. The summed E-state index contributed by atoms with van der Waals surface area (Å²) in [6, 6.07) is 9.59. The van der Waals surface area contributed by atoms with Crippen molar-refractivity contribution in [3.8, 4) is 0 Å². The van der Waals surface area contributed by atoms with Crippen molar-refractivity contribution in [3.63, 3.8) is 0 Å². The zero-order valence-corrected chi connectivity index (χ0v) is 11.8. The van der Waals surface area contributed by atoms with Crippen LogP contribution in [0.3, 0.4) is 0 Å². The molecule has 0 fully saturated rings. The molecule has 0 unspecified atom stereocenters. The molecule has 0 atom stereocenters. The predicted molar refractivity (Wildman–Crippen MR) is 80.2 cm³/mol. The van der Waals surface area contributed by atoms with Gasteiger partial charge in [0.1, 0.15) is 5.82 Å². The third-order valence-corrected chi connectivity index (χ3v) is 3.10. The number of fused-ring (bicyclic) bond motifs is 1. The van der Waals surface area contributed by atoms with E-state index in [1.54, 1.807) is 6.20 Å². The molecule has 0 aliphatic rings. The van der Waals surface area contributed by atoms with E-state index in [1.165, 1.54) is 0 Å². The molecule has 0 aliphatic carbocycles. The van der Waals surface area contributed by atoms with Crippen LogP contribution in [0.25, 0.3) is 10.9 Å². The van der Waals surface area contributed by atoms with Crippen LogP contribution in [0.5, 0.6) is 0 Å². The third-order valence-electron chi connectivity index (χ3n) is 3.10. The highest BCUT2D eigenvalue weighted by Crippen LogP contribution is 2.16. The van der Waals surface area contributed by atoms with E-state index in [0.29, 0.717) is 11.5 Å². The van der Waals surface area contributed by atoms with Gasteiger partial charge in [0, 0.05) is 11.3 Å². The summed E-state index contributed by atoms with van der Waals surface area (Å²) in [6.45, 7) is 3.96. The number of anilines is 1. The minimum atomic E-state index is -0.352. The fourth-order valence-electron chi connectivity index (χ4n) is 1.96. The number of para-hydroxylation sites is 1. The molecule has 0 bridgehead atoms. The number of benzene rings is 1. The number of pyridine rings is 1. The molecule has 0 aliphatic heterocycles. The maximum Gasteiger partial charge on any atom is 0.295 e. The highest BCUT2D eigenvalue weighted by atomic mass is 16.2. The number of amides is 1. The Kier molecular flexibility index (Phi) is 3.35. The average molecular weight is 281 g/mol. The van der Waals surface area contributed by atoms with Crippen LogP contribution in [0.2, 0.25) is 0 Å². The molecule has 1 amide bonds. The lowest BCUT2D eigenvalue weighted by Crippen LogP contribution is -2.14. The predicted octanol–water partition coefficient (Wildman–Crippen LogP) is 2.73. The Hall–Kier alpha value is -2.76. The Morgan fingerprint density at radius 3 is 2.86 bits per heavy atom. The Morgan fingerprint density at radius 1 is 1.29 bits per heavy atom. The summed E-state index contributed by atoms with van der Waals surface area (Å²) in [5, 5.41) is 10.4. The molecule has 2 aromatic heterocycles. The maximum atomic E-state index is 12.1. The number of rotatable bonds is 3. The number of hydrogen-bond acceptors (Lipinski definition) is 4.